The summed E-state index contributed by atoms with van der Waals surface area (Å²) in [6.45, 7) is 2.33. The molecule has 0 saturated carbocycles. The maximum Gasteiger partial charge on any atom is 0.170 e. The maximum atomic E-state index is 11.6. The molecule has 100 valence electrons. The Bertz CT molecular complexity index is 363. The van der Waals surface area contributed by atoms with Crippen molar-refractivity contribution < 1.29 is 9.53 Å². The molecular weight excluding hydrogens is 248 g/mol. The van der Waals surface area contributed by atoms with Gasteiger partial charge >= 0.3 is 0 Å². The summed E-state index contributed by atoms with van der Waals surface area (Å²) in [6.07, 6.45) is 6.43. The lowest BCUT2D eigenvalue weighted by molar-refractivity contribution is -0.121. The fourth-order valence-electron chi connectivity index (χ4n) is 1.72. The topological polar surface area (TPSA) is 26.3 Å². The van der Waals surface area contributed by atoms with Crippen LogP contribution in [0.2, 0.25) is 5.02 Å². The van der Waals surface area contributed by atoms with E-state index in [0.717, 1.165) is 12.8 Å². The molecule has 0 heterocycles. The number of rotatable bonds is 9. The van der Waals surface area contributed by atoms with Crippen LogP contribution in [0.4, 0.5) is 0 Å². The molecule has 2 nitrogen and oxygen atoms in total. The van der Waals surface area contributed by atoms with Crippen molar-refractivity contribution in [1.82, 2.24) is 0 Å². The van der Waals surface area contributed by atoms with Crippen LogP contribution in [-0.2, 0) is 4.79 Å². The standard InChI is InChI=1S/C15H21ClO2/c1-2-3-4-5-6-9-14(17)12-18-15-10-7-8-13(16)11-15/h7-8,10-11H,2-6,9,12H2,1H3. The van der Waals surface area contributed by atoms with Gasteiger partial charge in [0.2, 0.25) is 0 Å². The number of carbonyl (C=O) groups excluding carboxylic acids is 1. The fourth-order valence-corrected chi connectivity index (χ4v) is 1.90. The average Bonchev–Trinajstić information content (AvgIpc) is 2.36. The van der Waals surface area contributed by atoms with Crippen LogP contribution in [0, 0.1) is 0 Å². The van der Waals surface area contributed by atoms with E-state index < -0.39 is 0 Å². The monoisotopic (exact) mass is 268 g/mol. The molecule has 0 aromatic heterocycles. The zero-order valence-corrected chi connectivity index (χ0v) is 11.7. The molecule has 0 unspecified atom stereocenters. The Morgan fingerprint density at radius 3 is 2.72 bits per heavy atom. The molecule has 1 aromatic rings. The highest BCUT2D eigenvalue weighted by Gasteiger charge is 2.03. The summed E-state index contributed by atoms with van der Waals surface area (Å²) >= 11 is 5.83. The van der Waals surface area contributed by atoms with E-state index in [1.54, 1.807) is 18.2 Å². The van der Waals surface area contributed by atoms with Gasteiger partial charge in [-0.05, 0) is 24.6 Å². The maximum absolute atomic E-state index is 11.6. The van der Waals surface area contributed by atoms with Crippen LogP contribution < -0.4 is 4.74 Å². The lowest BCUT2D eigenvalue weighted by Gasteiger charge is -2.05. The predicted molar refractivity (Wildman–Crippen MR) is 75.3 cm³/mol. The molecule has 0 N–H and O–H groups in total. The lowest BCUT2D eigenvalue weighted by Crippen LogP contribution is -2.10. The number of carbonyl (C=O) groups is 1. The van der Waals surface area contributed by atoms with E-state index in [0.29, 0.717) is 17.2 Å². The fraction of sp³-hybridized carbons (Fsp3) is 0.533. The second-order valence-corrected chi connectivity index (χ2v) is 4.89. The zero-order valence-electron chi connectivity index (χ0n) is 11.0. The number of halogens is 1. The van der Waals surface area contributed by atoms with Crippen molar-refractivity contribution in [3.05, 3.63) is 29.3 Å². The first-order valence-electron chi connectivity index (χ1n) is 6.62. The Morgan fingerprint density at radius 2 is 2.00 bits per heavy atom. The smallest absolute Gasteiger partial charge is 0.170 e. The summed E-state index contributed by atoms with van der Waals surface area (Å²) in [5.41, 5.74) is 0. The minimum atomic E-state index is 0.147. The van der Waals surface area contributed by atoms with E-state index in [-0.39, 0.29) is 12.4 Å². The Balaban J connectivity index is 2.13. The molecule has 0 bridgehead atoms. The molecule has 1 aromatic carbocycles. The Kier molecular flexibility index (Phi) is 7.51. The summed E-state index contributed by atoms with van der Waals surface area (Å²) in [7, 11) is 0. The van der Waals surface area contributed by atoms with E-state index in [2.05, 4.69) is 6.92 Å². The van der Waals surface area contributed by atoms with Crippen molar-refractivity contribution in [3.8, 4) is 5.75 Å². The van der Waals surface area contributed by atoms with E-state index in [1.165, 1.54) is 19.3 Å². The van der Waals surface area contributed by atoms with Gasteiger partial charge in [-0.15, -0.1) is 0 Å². The molecule has 0 atom stereocenters. The van der Waals surface area contributed by atoms with E-state index in [9.17, 15) is 4.79 Å². The van der Waals surface area contributed by atoms with Crippen LogP contribution >= 0.6 is 11.6 Å². The van der Waals surface area contributed by atoms with Gasteiger partial charge in [-0.1, -0.05) is 50.3 Å². The minimum absolute atomic E-state index is 0.147. The largest absolute Gasteiger partial charge is 0.486 e. The number of ether oxygens (including phenoxy) is 1. The van der Waals surface area contributed by atoms with Gasteiger partial charge in [0, 0.05) is 11.4 Å². The third kappa shape index (κ3) is 6.65. The van der Waals surface area contributed by atoms with E-state index in [4.69, 9.17) is 16.3 Å². The van der Waals surface area contributed by atoms with Crippen LogP contribution in [0.1, 0.15) is 45.4 Å². The molecule has 0 amide bonds. The average molecular weight is 269 g/mol. The SMILES string of the molecule is CCCCCCCC(=O)COc1cccc(Cl)c1. The first-order chi connectivity index (χ1) is 8.72. The highest BCUT2D eigenvalue weighted by molar-refractivity contribution is 6.30. The van der Waals surface area contributed by atoms with Crippen molar-refractivity contribution in [2.75, 3.05) is 6.61 Å². The summed E-state index contributed by atoms with van der Waals surface area (Å²) in [4.78, 5) is 11.6. The molecule has 0 aliphatic rings. The Morgan fingerprint density at radius 1 is 1.22 bits per heavy atom. The van der Waals surface area contributed by atoms with Gasteiger partial charge in [-0.3, -0.25) is 4.79 Å². The minimum Gasteiger partial charge on any atom is -0.486 e. The number of hydrogen-bond acceptors (Lipinski definition) is 2. The zero-order chi connectivity index (χ0) is 13.2. The summed E-state index contributed by atoms with van der Waals surface area (Å²) < 4.78 is 5.39. The molecule has 0 radical (unpaired) electrons. The molecule has 3 heteroatoms. The highest BCUT2D eigenvalue weighted by Crippen LogP contribution is 2.17. The normalized spacial score (nSPS) is 10.3. The van der Waals surface area contributed by atoms with Crippen molar-refractivity contribution in [2.24, 2.45) is 0 Å². The van der Waals surface area contributed by atoms with Gasteiger partial charge in [-0.25, -0.2) is 0 Å². The second-order valence-electron chi connectivity index (χ2n) is 4.45. The second kappa shape index (κ2) is 8.98. The number of hydrogen-bond donors (Lipinski definition) is 0. The van der Waals surface area contributed by atoms with Gasteiger partial charge < -0.3 is 4.74 Å². The van der Waals surface area contributed by atoms with Crippen LogP contribution in [0.25, 0.3) is 0 Å². The van der Waals surface area contributed by atoms with E-state index >= 15 is 0 Å². The molecule has 0 aliphatic carbocycles. The number of ketones is 1. The van der Waals surface area contributed by atoms with Crippen LogP contribution in [0.5, 0.6) is 5.75 Å². The van der Waals surface area contributed by atoms with Crippen molar-refractivity contribution in [3.63, 3.8) is 0 Å². The van der Waals surface area contributed by atoms with Crippen LogP contribution in [0.3, 0.4) is 0 Å². The van der Waals surface area contributed by atoms with Crippen LogP contribution in [0.15, 0.2) is 24.3 Å². The summed E-state index contributed by atoms with van der Waals surface area (Å²) in [5.74, 6) is 0.813. The number of Topliss-reactive ketones (excluding diaryl/α,β-unsaturated/α-hetero) is 1. The van der Waals surface area contributed by atoms with Crippen molar-refractivity contribution >= 4 is 17.4 Å². The molecule has 1 rings (SSSR count). The van der Waals surface area contributed by atoms with Crippen molar-refractivity contribution in [2.45, 2.75) is 45.4 Å². The van der Waals surface area contributed by atoms with Gasteiger partial charge in [-0.2, -0.15) is 0 Å². The lowest BCUT2D eigenvalue weighted by atomic mass is 10.1. The summed E-state index contributed by atoms with van der Waals surface area (Å²) in [5, 5.41) is 0.625. The number of unbranched alkanes of at least 4 members (excludes halogenated alkanes) is 4. The van der Waals surface area contributed by atoms with Gasteiger partial charge in [0.1, 0.15) is 12.4 Å². The molecule has 18 heavy (non-hydrogen) atoms. The van der Waals surface area contributed by atoms with Crippen LogP contribution in [-0.4, -0.2) is 12.4 Å². The Hall–Kier alpha value is -1.02. The predicted octanol–water partition coefficient (Wildman–Crippen LogP) is 4.65. The first-order valence-corrected chi connectivity index (χ1v) is 7.00. The number of benzene rings is 1. The van der Waals surface area contributed by atoms with Gasteiger partial charge in [0.15, 0.2) is 5.78 Å². The van der Waals surface area contributed by atoms with Crippen molar-refractivity contribution in [1.29, 1.82) is 0 Å². The molecule has 0 saturated heterocycles. The first kappa shape index (κ1) is 15.0. The van der Waals surface area contributed by atoms with Gasteiger partial charge in [0.05, 0.1) is 0 Å². The Labute approximate surface area is 114 Å². The molecule has 0 aliphatic heterocycles. The third-order valence-corrected chi connectivity index (χ3v) is 2.99. The summed E-state index contributed by atoms with van der Waals surface area (Å²) in [6, 6.07) is 7.12. The van der Waals surface area contributed by atoms with Gasteiger partial charge in [0.25, 0.3) is 0 Å². The quantitative estimate of drug-likeness (QED) is 0.610. The van der Waals surface area contributed by atoms with E-state index in [1.807, 2.05) is 6.07 Å². The molecule has 0 spiro atoms. The highest BCUT2D eigenvalue weighted by atomic mass is 35.5. The third-order valence-electron chi connectivity index (χ3n) is 2.76. The molecule has 0 fully saturated rings. The molecular formula is C15H21ClO2.